The highest BCUT2D eigenvalue weighted by molar-refractivity contribution is 9.09. The van der Waals surface area contributed by atoms with Crippen molar-refractivity contribution in [3.63, 3.8) is 0 Å². The number of aromatic nitrogens is 2. The first kappa shape index (κ1) is 14.4. The number of halogens is 1. The van der Waals surface area contributed by atoms with Gasteiger partial charge in [0.2, 0.25) is 0 Å². The molecule has 110 valence electrons. The minimum absolute atomic E-state index is 0.0285. The number of benzene rings is 2. The molecule has 1 unspecified atom stereocenters. The number of nitro benzene ring substituents is 1. The molecule has 7 heteroatoms. The van der Waals surface area contributed by atoms with Gasteiger partial charge in [-0.2, -0.15) is 0 Å². The first-order chi connectivity index (χ1) is 10.6. The van der Waals surface area contributed by atoms with Crippen LogP contribution in [0.25, 0.3) is 11.0 Å². The number of aromatic amines is 1. The average molecular weight is 360 g/mol. The van der Waals surface area contributed by atoms with Crippen molar-refractivity contribution in [1.29, 1.82) is 0 Å². The van der Waals surface area contributed by atoms with Crippen molar-refractivity contribution in [3.8, 4) is 0 Å². The maximum absolute atomic E-state index is 12.2. The van der Waals surface area contributed by atoms with Crippen LogP contribution in [0.3, 0.4) is 0 Å². The van der Waals surface area contributed by atoms with Gasteiger partial charge in [-0.1, -0.05) is 40.2 Å². The van der Waals surface area contributed by atoms with Gasteiger partial charge in [-0.05, 0) is 17.7 Å². The molecule has 6 nitrogen and oxygen atoms in total. The van der Waals surface area contributed by atoms with Crippen LogP contribution in [0.5, 0.6) is 0 Å². The van der Waals surface area contributed by atoms with Crippen LogP contribution in [-0.4, -0.2) is 14.9 Å². The molecule has 3 aromatic rings. The van der Waals surface area contributed by atoms with Gasteiger partial charge in [0.15, 0.2) is 0 Å². The van der Waals surface area contributed by atoms with E-state index in [4.69, 9.17) is 0 Å². The summed E-state index contributed by atoms with van der Waals surface area (Å²) in [6.45, 7) is 0. The van der Waals surface area contributed by atoms with Gasteiger partial charge in [-0.3, -0.25) is 14.9 Å². The number of hydrogen-bond donors (Lipinski definition) is 1. The largest absolute Gasteiger partial charge is 0.319 e. The lowest BCUT2D eigenvalue weighted by Crippen LogP contribution is -2.17. The molecule has 3 rings (SSSR count). The Bertz CT molecular complexity index is 923. The van der Waals surface area contributed by atoms with Crippen molar-refractivity contribution < 1.29 is 4.92 Å². The standard InChI is InChI=1S/C15H10BrN3O3/c16-13(9-4-3-5-10(8-9)19(21)22)14-15(20)18-12-7-2-1-6-11(12)17-14/h1-8,13H,(H,18,20). The summed E-state index contributed by atoms with van der Waals surface area (Å²) in [5.41, 5.74) is 1.81. The highest BCUT2D eigenvalue weighted by Crippen LogP contribution is 2.30. The van der Waals surface area contributed by atoms with E-state index in [1.807, 2.05) is 12.1 Å². The third-order valence-corrected chi connectivity index (χ3v) is 4.20. The van der Waals surface area contributed by atoms with Gasteiger partial charge in [0, 0.05) is 12.1 Å². The Morgan fingerprint density at radius 2 is 1.95 bits per heavy atom. The highest BCUT2D eigenvalue weighted by Gasteiger charge is 2.19. The second-order valence-corrected chi connectivity index (χ2v) is 5.60. The normalized spacial score (nSPS) is 12.2. The van der Waals surface area contributed by atoms with Crippen molar-refractivity contribution in [2.45, 2.75) is 4.83 Å². The number of nitrogens with zero attached hydrogens (tertiary/aromatic N) is 2. The molecule has 0 spiro atoms. The summed E-state index contributed by atoms with van der Waals surface area (Å²) in [7, 11) is 0. The van der Waals surface area contributed by atoms with E-state index in [0.29, 0.717) is 16.6 Å². The number of H-pyrrole nitrogens is 1. The molecule has 22 heavy (non-hydrogen) atoms. The number of non-ortho nitro benzene ring substituents is 1. The number of hydrogen-bond acceptors (Lipinski definition) is 4. The van der Waals surface area contributed by atoms with Crippen molar-refractivity contribution in [2.75, 3.05) is 0 Å². The Morgan fingerprint density at radius 3 is 2.73 bits per heavy atom. The van der Waals surface area contributed by atoms with E-state index < -0.39 is 9.75 Å². The third-order valence-electron chi connectivity index (χ3n) is 3.24. The Kier molecular flexibility index (Phi) is 3.72. The molecule has 1 atom stereocenters. The van der Waals surface area contributed by atoms with E-state index in [9.17, 15) is 14.9 Å². The topological polar surface area (TPSA) is 88.9 Å². The van der Waals surface area contributed by atoms with Crippen LogP contribution in [0, 0.1) is 10.1 Å². The molecular weight excluding hydrogens is 350 g/mol. The summed E-state index contributed by atoms with van der Waals surface area (Å²) in [5.74, 6) is 0. The zero-order valence-electron chi connectivity index (χ0n) is 11.2. The van der Waals surface area contributed by atoms with Crippen LogP contribution in [-0.2, 0) is 0 Å². The van der Waals surface area contributed by atoms with Crippen LogP contribution in [0.15, 0.2) is 53.3 Å². The number of nitro groups is 1. The fourth-order valence-corrected chi connectivity index (χ4v) is 2.76. The van der Waals surface area contributed by atoms with Crippen LogP contribution in [0.1, 0.15) is 16.1 Å². The molecule has 0 amide bonds. The molecule has 1 aromatic heterocycles. The lowest BCUT2D eigenvalue weighted by molar-refractivity contribution is -0.384. The Labute approximate surface area is 133 Å². The first-order valence-corrected chi connectivity index (χ1v) is 7.35. The van der Waals surface area contributed by atoms with Crippen LogP contribution in [0.4, 0.5) is 5.69 Å². The highest BCUT2D eigenvalue weighted by atomic mass is 79.9. The van der Waals surface area contributed by atoms with Gasteiger partial charge in [0.05, 0.1) is 20.8 Å². The summed E-state index contributed by atoms with van der Waals surface area (Å²) in [4.78, 5) is 29.2. The number of para-hydroxylation sites is 2. The van der Waals surface area contributed by atoms with E-state index in [1.54, 1.807) is 24.3 Å². The molecule has 0 aliphatic rings. The summed E-state index contributed by atoms with van der Waals surface area (Å²) >= 11 is 3.41. The fourth-order valence-electron chi connectivity index (χ4n) is 2.17. The summed E-state index contributed by atoms with van der Waals surface area (Å²) in [6, 6.07) is 13.3. The lowest BCUT2D eigenvalue weighted by Gasteiger charge is -2.09. The number of alkyl halides is 1. The second kappa shape index (κ2) is 5.69. The average Bonchev–Trinajstić information content (AvgIpc) is 2.53. The summed E-state index contributed by atoms with van der Waals surface area (Å²) in [6.07, 6.45) is 0. The molecule has 1 N–H and O–H groups in total. The first-order valence-electron chi connectivity index (χ1n) is 6.43. The smallest absolute Gasteiger partial charge is 0.271 e. The van der Waals surface area contributed by atoms with E-state index in [2.05, 4.69) is 25.9 Å². The minimum atomic E-state index is -0.527. The molecule has 0 aliphatic heterocycles. The third kappa shape index (κ3) is 2.62. The Balaban J connectivity index is 2.10. The van der Waals surface area contributed by atoms with Gasteiger partial charge in [0.1, 0.15) is 5.69 Å². The monoisotopic (exact) mass is 359 g/mol. The van der Waals surface area contributed by atoms with Crippen molar-refractivity contribution in [3.05, 3.63) is 80.3 Å². The molecule has 0 fully saturated rings. The fraction of sp³-hybridized carbons (Fsp3) is 0.0667. The van der Waals surface area contributed by atoms with E-state index >= 15 is 0 Å². The van der Waals surface area contributed by atoms with E-state index in [1.165, 1.54) is 12.1 Å². The quantitative estimate of drug-likeness (QED) is 0.441. The SMILES string of the molecule is O=c1[nH]c2ccccc2nc1C(Br)c1cccc([N+](=O)[O-])c1. The molecule has 0 saturated carbocycles. The van der Waals surface area contributed by atoms with Gasteiger partial charge >= 0.3 is 0 Å². The van der Waals surface area contributed by atoms with E-state index in [0.717, 1.165) is 0 Å². The van der Waals surface area contributed by atoms with Gasteiger partial charge < -0.3 is 4.98 Å². The Hall–Kier alpha value is -2.54. The lowest BCUT2D eigenvalue weighted by atomic mass is 10.1. The molecule has 2 aromatic carbocycles. The van der Waals surface area contributed by atoms with Crippen molar-refractivity contribution in [1.82, 2.24) is 9.97 Å². The second-order valence-electron chi connectivity index (χ2n) is 4.68. The predicted octanol–water partition coefficient (Wildman–Crippen LogP) is 3.32. The van der Waals surface area contributed by atoms with Crippen LogP contribution < -0.4 is 5.56 Å². The predicted molar refractivity (Wildman–Crippen MR) is 86.2 cm³/mol. The molecule has 0 aliphatic carbocycles. The molecule has 0 radical (unpaired) electrons. The number of fused-ring (bicyclic) bond motifs is 1. The van der Waals surface area contributed by atoms with Crippen LogP contribution >= 0.6 is 15.9 Å². The maximum atomic E-state index is 12.2. The van der Waals surface area contributed by atoms with E-state index in [-0.39, 0.29) is 16.9 Å². The van der Waals surface area contributed by atoms with Crippen molar-refractivity contribution in [2.24, 2.45) is 0 Å². The molecule has 0 bridgehead atoms. The zero-order chi connectivity index (χ0) is 15.7. The van der Waals surface area contributed by atoms with Gasteiger partial charge in [-0.15, -0.1) is 0 Å². The molecule has 1 heterocycles. The number of nitrogens with one attached hydrogen (secondary N) is 1. The molecule has 0 saturated heterocycles. The summed E-state index contributed by atoms with van der Waals surface area (Å²) in [5, 5.41) is 10.9. The van der Waals surface area contributed by atoms with Gasteiger partial charge in [-0.25, -0.2) is 4.98 Å². The van der Waals surface area contributed by atoms with Gasteiger partial charge in [0.25, 0.3) is 11.2 Å². The number of rotatable bonds is 3. The maximum Gasteiger partial charge on any atom is 0.271 e. The summed E-state index contributed by atoms with van der Waals surface area (Å²) < 4.78 is 0. The Morgan fingerprint density at radius 1 is 1.18 bits per heavy atom. The minimum Gasteiger partial charge on any atom is -0.319 e. The van der Waals surface area contributed by atoms with Crippen LogP contribution in [0.2, 0.25) is 0 Å². The zero-order valence-corrected chi connectivity index (χ0v) is 12.8. The van der Waals surface area contributed by atoms with Crippen molar-refractivity contribution >= 4 is 32.7 Å². The molecular formula is C15H10BrN3O3.